The van der Waals surface area contributed by atoms with Crippen LogP contribution in [0.25, 0.3) is 0 Å². The maximum atomic E-state index is 8.91. The molecule has 0 amide bonds. The molecule has 1 fully saturated rings. The number of rotatable bonds is 0. The Labute approximate surface area is 79.6 Å². The summed E-state index contributed by atoms with van der Waals surface area (Å²) >= 11 is 0. The van der Waals surface area contributed by atoms with E-state index in [2.05, 4.69) is 12.1 Å². The molecule has 0 radical (unpaired) electrons. The minimum Gasteiger partial charge on any atom is -0.267 e. The van der Waals surface area contributed by atoms with E-state index in [0.717, 1.165) is 12.8 Å². The van der Waals surface area contributed by atoms with Crippen LogP contribution in [-0.4, -0.2) is 22.5 Å². The Morgan fingerprint density at radius 2 is 1.46 bits per heavy atom. The van der Waals surface area contributed by atoms with Gasteiger partial charge in [0.15, 0.2) is 0 Å². The average molecular weight is 177 g/mol. The summed E-state index contributed by atoms with van der Waals surface area (Å²) in [6.07, 6.45) is 1.65. The van der Waals surface area contributed by atoms with Gasteiger partial charge in [-0.2, -0.15) is 10.5 Å². The highest BCUT2D eigenvalue weighted by Gasteiger charge is 2.40. The van der Waals surface area contributed by atoms with Crippen LogP contribution in [0.1, 0.15) is 33.6 Å². The van der Waals surface area contributed by atoms with Gasteiger partial charge >= 0.3 is 0 Å². The smallest absolute Gasteiger partial charge is 0.0993 e. The third-order valence-electron chi connectivity index (χ3n) is 2.46. The third-order valence-corrected chi connectivity index (χ3v) is 2.46. The Kier molecular flexibility index (Phi) is 2.59. The van der Waals surface area contributed by atoms with Crippen molar-refractivity contribution in [3.8, 4) is 12.1 Å². The van der Waals surface area contributed by atoms with Crippen molar-refractivity contribution >= 4 is 0 Å². The number of hydrogen-bond donors (Lipinski definition) is 0. The fourth-order valence-corrected chi connectivity index (χ4v) is 2.00. The van der Waals surface area contributed by atoms with E-state index in [1.165, 1.54) is 0 Å². The maximum Gasteiger partial charge on any atom is 0.0993 e. The predicted octanol–water partition coefficient (Wildman–Crippen LogP) is 1.67. The molecule has 0 aromatic carbocycles. The highest BCUT2D eigenvalue weighted by atomic mass is 15.3. The van der Waals surface area contributed by atoms with E-state index in [1.807, 2.05) is 25.7 Å². The van der Waals surface area contributed by atoms with Gasteiger partial charge in [-0.1, -0.05) is 0 Å². The molecular formula is C10H15N3. The largest absolute Gasteiger partial charge is 0.267 e. The van der Waals surface area contributed by atoms with E-state index in [0.29, 0.717) is 0 Å². The molecule has 1 rings (SSSR count). The molecule has 70 valence electrons. The van der Waals surface area contributed by atoms with Crippen molar-refractivity contribution in [3.63, 3.8) is 0 Å². The first-order valence-corrected chi connectivity index (χ1v) is 4.58. The fourth-order valence-electron chi connectivity index (χ4n) is 2.00. The van der Waals surface area contributed by atoms with E-state index in [4.69, 9.17) is 10.5 Å². The molecule has 0 spiro atoms. The topological polar surface area (TPSA) is 50.8 Å². The van der Waals surface area contributed by atoms with Crippen molar-refractivity contribution in [2.75, 3.05) is 0 Å². The van der Waals surface area contributed by atoms with E-state index in [1.54, 1.807) is 0 Å². The van der Waals surface area contributed by atoms with Crippen LogP contribution in [0.15, 0.2) is 0 Å². The molecule has 0 saturated carbocycles. The SMILES string of the molecule is CC(C)(C)N1C(C#N)CCC1C#N. The number of nitrogens with zero attached hydrogens (tertiary/aromatic N) is 3. The minimum absolute atomic E-state index is 0.0790. The van der Waals surface area contributed by atoms with E-state index < -0.39 is 0 Å². The zero-order valence-corrected chi connectivity index (χ0v) is 8.41. The Balaban J connectivity index is 2.89. The van der Waals surface area contributed by atoms with Gasteiger partial charge in [0.25, 0.3) is 0 Å². The zero-order valence-electron chi connectivity index (χ0n) is 8.41. The van der Waals surface area contributed by atoms with Gasteiger partial charge in [0, 0.05) is 5.54 Å². The Morgan fingerprint density at radius 1 is 1.08 bits per heavy atom. The summed E-state index contributed by atoms with van der Waals surface area (Å²) < 4.78 is 0. The van der Waals surface area contributed by atoms with E-state index in [-0.39, 0.29) is 17.6 Å². The molecule has 2 unspecified atom stereocenters. The summed E-state index contributed by atoms with van der Waals surface area (Å²) in [5.74, 6) is 0. The first-order valence-electron chi connectivity index (χ1n) is 4.58. The fraction of sp³-hybridized carbons (Fsp3) is 0.800. The second kappa shape index (κ2) is 3.36. The molecule has 1 aliphatic heterocycles. The average Bonchev–Trinajstić information content (AvgIpc) is 2.45. The highest BCUT2D eigenvalue weighted by Crippen LogP contribution is 2.30. The molecule has 3 heteroatoms. The molecule has 0 N–H and O–H groups in total. The lowest BCUT2D eigenvalue weighted by atomic mass is 10.0. The molecule has 0 aromatic rings. The van der Waals surface area contributed by atoms with E-state index in [9.17, 15) is 0 Å². The first-order chi connectivity index (χ1) is 6.00. The number of nitriles is 2. The van der Waals surface area contributed by atoms with Crippen LogP contribution < -0.4 is 0 Å². The van der Waals surface area contributed by atoms with Crippen LogP contribution >= 0.6 is 0 Å². The second-order valence-corrected chi connectivity index (χ2v) is 4.45. The second-order valence-electron chi connectivity index (χ2n) is 4.45. The minimum atomic E-state index is -0.0860. The van der Waals surface area contributed by atoms with Crippen LogP contribution in [0.2, 0.25) is 0 Å². The molecule has 0 aromatic heterocycles. The summed E-state index contributed by atoms with van der Waals surface area (Å²) in [7, 11) is 0. The van der Waals surface area contributed by atoms with Gasteiger partial charge in [-0.3, -0.25) is 4.90 Å². The maximum absolute atomic E-state index is 8.91. The van der Waals surface area contributed by atoms with Crippen LogP contribution in [0.4, 0.5) is 0 Å². The van der Waals surface area contributed by atoms with Crippen LogP contribution in [0.3, 0.4) is 0 Å². The molecule has 1 saturated heterocycles. The Morgan fingerprint density at radius 3 is 1.69 bits per heavy atom. The van der Waals surface area contributed by atoms with Crippen molar-refractivity contribution in [1.82, 2.24) is 4.90 Å². The van der Waals surface area contributed by atoms with Crippen LogP contribution in [0, 0.1) is 22.7 Å². The lowest BCUT2D eigenvalue weighted by molar-refractivity contribution is 0.120. The van der Waals surface area contributed by atoms with Crippen LogP contribution in [-0.2, 0) is 0 Å². The molecule has 13 heavy (non-hydrogen) atoms. The Hall–Kier alpha value is -1.06. The van der Waals surface area contributed by atoms with Crippen molar-refractivity contribution in [2.45, 2.75) is 51.2 Å². The van der Waals surface area contributed by atoms with Gasteiger partial charge in [-0.15, -0.1) is 0 Å². The molecule has 0 bridgehead atoms. The molecule has 1 heterocycles. The normalized spacial score (nSPS) is 29.6. The first kappa shape index (κ1) is 10.0. The lowest BCUT2D eigenvalue weighted by Gasteiger charge is -2.36. The molecule has 1 aliphatic rings. The summed E-state index contributed by atoms with van der Waals surface area (Å²) in [5.41, 5.74) is -0.0860. The standard InChI is InChI=1S/C10H15N3/c1-10(2,3)13-8(6-11)4-5-9(13)7-12/h8-9H,4-5H2,1-3H3. The third kappa shape index (κ3) is 1.82. The van der Waals surface area contributed by atoms with Crippen molar-refractivity contribution in [1.29, 1.82) is 10.5 Å². The summed E-state index contributed by atoms with van der Waals surface area (Å²) in [6.45, 7) is 6.15. The number of hydrogen-bond acceptors (Lipinski definition) is 3. The highest BCUT2D eigenvalue weighted by molar-refractivity contribution is 5.10. The molecule has 3 nitrogen and oxygen atoms in total. The lowest BCUT2D eigenvalue weighted by Crippen LogP contribution is -2.48. The van der Waals surface area contributed by atoms with Gasteiger partial charge < -0.3 is 0 Å². The van der Waals surface area contributed by atoms with Crippen molar-refractivity contribution in [3.05, 3.63) is 0 Å². The van der Waals surface area contributed by atoms with E-state index >= 15 is 0 Å². The van der Waals surface area contributed by atoms with Gasteiger partial charge in [0.1, 0.15) is 0 Å². The predicted molar refractivity (Wildman–Crippen MR) is 49.6 cm³/mol. The summed E-state index contributed by atoms with van der Waals surface area (Å²) in [5, 5.41) is 17.8. The summed E-state index contributed by atoms with van der Waals surface area (Å²) in [4.78, 5) is 2.02. The van der Waals surface area contributed by atoms with Gasteiger partial charge in [-0.05, 0) is 33.6 Å². The zero-order chi connectivity index (χ0) is 10.1. The monoisotopic (exact) mass is 177 g/mol. The van der Waals surface area contributed by atoms with Gasteiger partial charge in [0.2, 0.25) is 0 Å². The van der Waals surface area contributed by atoms with Crippen LogP contribution in [0.5, 0.6) is 0 Å². The van der Waals surface area contributed by atoms with Gasteiger partial charge in [-0.25, -0.2) is 0 Å². The molecular weight excluding hydrogens is 162 g/mol. The van der Waals surface area contributed by atoms with Gasteiger partial charge in [0.05, 0.1) is 24.2 Å². The summed E-state index contributed by atoms with van der Waals surface area (Å²) in [6, 6.07) is 4.36. The molecule has 0 aliphatic carbocycles. The quantitative estimate of drug-likeness (QED) is 0.565. The number of likely N-dealkylation sites (tertiary alicyclic amines) is 1. The molecule has 2 atom stereocenters. The Bertz CT molecular complexity index is 241. The van der Waals surface area contributed by atoms with Crippen molar-refractivity contribution in [2.24, 2.45) is 0 Å². The van der Waals surface area contributed by atoms with Crippen molar-refractivity contribution < 1.29 is 0 Å².